The van der Waals surface area contributed by atoms with Crippen molar-refractivity contribution in [1.82, 2.24) is 0 Å². The number of hydrogen-bond acceptors (Lipinski definition) is 3. The van der Waals surface area contributed by atoms with Crippen LogP contribution < -0.4 is 4.84 Å². The quantitative estimate of drug-likeness (QED) is 0.640. The van der Waals surface area contributed by atoms with Crippen LogP contribution in [0.5, 0.6) is 5.75 Å². The van der Waals surface area contributed by atoms with E-state index in [0.29, 0.717) is 0 Å². The Labute approximate surface area is 137 Å². The summed E-state index contributed by atoms with van der Waals surface area (Å²) in [5, 5.41) is 12.3. The molecule has 0 unspecified atom stereocenters. The van der Waals surface area contributed by atoms with Gasteiger partial charge >= 0.3 is 12.1 Å². The molecule has 2 rings (SSSR count). The highest BCUT2D eigenvalue weighted by Gasteiger charge is 2.32. The van der Waals surface area contributed by atoms with Gasteiger partial charge in [0.2, 0.25) is 0 Å². The summed E-state index contributed by atoms with van der Waals surface area (Å²) in [6.45, 7) is 4.00. The molecule has 4 nitrogen and oxygen atoms in total. The molecule has 0 atom stereocenters. The summed E-state index contributed by atoms with van der Waals surface area (Å²) >= 11 is 0. The smallest absolute Gasteiger partial charge is 0.417 e. The van der Waals surface area contributed by atoms with Gasteiger partial charge in [-0.05, 0) is 24.3 Å². The molecular weight excluding hydrogens is 323 g/mol. The number of benzene rings is 2. The number of rotatable bonds is 4. The lowest BCUT2D eigenvalue weighted by molar-refractivity contribution is -0.137. The lowest BCUT2D eigenvalue weighted by Crippen LogP contribution is -2.08. The molecule has 0 aromatic heterocycles. The fraction of sp³-hybridized carbons (Fsp3) is 0.176. The first-order chi connectivity index (χ1) is 11.4. The number of carboxylic acids is 1. The zero-order valence-electron chi connectivity index (χ0n) is 13.0. The Bertz CT molecular complexity index is 712. The summed E-state index contributed by atoms with van der Waals surface area (Å²) in [5.74, 6) is -1.03. The fourth-order valence-corrected chi connectivity index (χ4v) is 1.70. The molecule has 0 spiro atoms. The second kappa shape index (κ2) is 8.71. The van der Waals surface area contributed by atoms with E-state index in [2.05, 4.69) is 5.16 Å². The van der Waals surface area contributed by atoms with Crippen LogP contribution >= 0.6 is 0 Å². The first kappa shape index (κ1) is 19.2. The van der Waals surface area contributed by atoms with Gasteiger partial charge in [-0.25, -0.2) is 4.79 Å². The van der Waals surface area contributed by atoms with E-state index in [0.717, 1.165) is 12.3 Å². The van der Waals surface area contributed by atoms with Crippen LogP contribution in [0.2, 0.25) is 0 Å². The van der Waals surface area contributed by atoms with Crippen LogP contribution in [0.15, 0.2) is 53.7 Å². The number of hydrogen-bond donors (Lipinski definition) is 1. The number of alkyl halides is 3. The second-order valence-corrected chi connectivity index (χ2v) is 4.24. The van der Waals surface area contributed by atoms with Gasteiger partial charge in [0.1, 0.15) is 0 Å². The van der Waals surface area contributed by atoms with Crippen LogP contribution in [-0.2, 0) is 6.18 Å². The molecule has 2 aromatic rings. The Balaban J connectivity index is 0.00000139. The van der Waals surface area contributed by atoms with E-state index in [9.17, 15) is 18.0 Å². The average Bonchev–Trinajstić information content (AvgIpc) is 2.56. The molecule has 1 N–H and O–H groups in total. The van der Waals surface area contributed by atoms with Crippen LogP contribution in [0.3, 0.4) is 0 Å². The predicted octanol–water partition coefficient (Wildman–Crippen LogP) is 4.84. The molecule has 128 valence electrons. The van der Waals surface area contributed by atoms with Crippen LogP contribution in [0.25, 0.3) is 0 Å². The summed E-state index contributed by atoms with van der Waals surface area (Å²) in [5.41, 5.74) is -0.991. The minimum Gasteiger partial charge on any atom is -0.478 e. The normalized spacial score (nSPS) is 10.9. The minimum absolute atomic E-state index is 0.0107. The molecule has 7 heteroatoms. The number of nitrogens with zero attached hydrogens (tertiary/aromatic N) is 1. The van der Waals surface area contributed by atoms with Gasteiger partial charge in [-0.1, -0.05) is 43.3 Å². The molecular formula is C17H16F3NO3. The van der Waals surface area contributed by atoms with Gasteiger partial charge in [-0.15, -0.1) is 0 Å². The third kappa shape index (κ3) is 5.42. The van der Waals surface area contributed by atoms with E-state index < -0.39 is 17.7 Å². The summed E-state index contributed by atoms with van der Waals surface area (Å²) < 4.78 is 38.3. The molecule has 0 bridgehead atoms. The highest BCUT2D eigenvalue weighted by Crippen LogP contribution is 2.31. The van der Waals surface area contributed by atoms with E-state index in [1.807, 2.05) is 13.8 Å². The number of carboxylic acid groups (broad SMARTS) is 1. The topological polar surface area (TPSA) is 58.9 Å². The lowest BCUT2D eigenvalue weighted by atomic mass is 10.1. The molecule has 2 aromatic carbocycles. The van der Waals surface area contributed by atoms with E-state index in [1.54, 1.807) is 0 Å². The van der Waals surface area contributed by atoms with Gasteiger partial charge in [0.15, 0.2) is 5.75 Å². The predicted molar refractivity (Wildman–Crippen MR) is 84.4 cm³/mol. The Morgan fingerprint density at radius 1 is 1.12 bits per heavy atom. The fourth-order valence-electron chi connectivity index (χ4n) is 1.70. The van der Waals surface area contributed by atoms with Crippen molar-refractivity contribution in [3.63, 3.8) is 0 Å². The standard InChI is InChI=1S/C15H10F3NO3.C2H6/c16-15(17,18)13-7-2-1-4-11(13)9-19-22-12-6-3-5-10(8-12)14(20)21;1-2/h1-9H,(H,20,21);1-2H3/b19-9+;. The molecule has 0 saturated heterocycles. The third-order valence-electron chi connectivity index (χ3n) is 2.70. The van der Waals surface area contributed by atoms with Crippen molar-refractivity contribution >= 4 is 12.2 Å². The van der Waals surface area contributed by atoms with E-state index in [-0.39, 0.29) is 16.9 Å². The maximum atomic E-state index is 12.8. The monoisotopic (exact) mass is 339 g/mol. The van der Waals surface area contributed by atoms with Gasteiger partial charge in [-0.3, -0.25) is 0 Å². The third-order valence-corrected chi connectivity index (χ3v) is 2.70. The highest BCUT2D eigenvalue weighted by atomic mass is 19.4. The maximum Gasteiger partial charge on any atom is 0.417 e. The average molecular weight is 339 g/mol. The molecule has 0 aliphatic heterocycles. The second-order valence-electron chi connectivity index (χ2n) is 4.24. The SMILES string of the molecule is CC.O=C(O)c1cccc(O/N=C/c2ccccc2C(F)(F)F)c1. The van der Waals surface area contributed by atoms with Crippen LogP contribution in [0, 0.1) is 0 Å². The number of aromatic carboxylic acids is 1. The van der Waals surface area contributed by atoms with Crippen molar-refractivity contribution in [2.24, 2.45) is 5.16 Å². The highest BCUT2D eigenvalue weighted by molar-refractivity contribution is 5.88. The molecule has 0 saturated carbocycles. The lowest BCUT2D eigenvalue weighted by Gasteiger charge is -2.09. The van der Waals surface area contributed by atoms with Crippen LogP contribution in [0.1, 0.15) is 35.3 Å². The number of oxime groups is 1. The first-order valence-corrected chi connectivity index (χ1v) is 7.08. The molecule has 0 heterocycles. The van der Waals surface area contributed by atoms with E-state index in [4.69, 9.17) is 9.94 Å². The molecule has 0 fully saturated rings. The molecule has 0 aliphatic rings. The van der Waals surface area contributed by atoms with Gasteiger partial charge in [0, 0.05) is 5.56 Å². The number of halogens is 3. The summed E-state index contributed by atoms with van der Waals surface area (Å²) in [6, 6.07) is 10.4. The van der Waals surface area contributed by atoms with Crippen molar-refractivity contribution in [1.29, 1.82) is 0 Å². The van der Waals surface area contributed by atoms with E-state index >= 15 is 0 Å². The van der Waals surface area contributed by atoms with Crippen molar-refractivity contribution in [2.75, 3.05) is 0 Å². The summed E-state index contributed by atoms with van der Waals surface area (Å²) in [4.78, 5) is 15.7. The van der Waals surface area contributed by atoms with Crippen LogP contribution in [-0.4, -0.2) is 17.3 Å². The molecule has 0 radical (unpaired) electrons. The summed E-state index contributed by atoms with van der Waals surface area (Å²) in [7, 11) is 0. The largest absolute Gasteiger partial charge is 0.478 e. The minimum atomic E-state index is -4.49. The van der Waals surface area contributed by atoms with Crippen molar-refractivity contribution in [3.8, 4) is 5.75 Å². The Morgan fingerprint density at radius 3 is 2.42 bits per heavy atom. The van der Waals surface area contributed by atoms with Gasteiger partial charge < -0.3 is 9.94 Å². The van der Waals surface area contributed by atoms with Gasteiger partial charge in [0.25, 0.3) is 0 Å². The van der Waals surface area contributed by atoms with Gasteiger partial charge in [0.05, 0.1) is 17.3 Å². The zero-order valence-corrected chi connectivity index (χ0v) is 13.0. The summed E-state index contributed by atoms with van der Waals surface area (Å²) in [6.07, 6.45) is -3.57. The molecule has 0 amide bonds. The Kier molecular flexibility index (Phi) is 6.98. The zero-order chi connectivity index (χ0) is 18.2. The van der Waals surface area contributed by atoms with Crippen LogP contribution in [0.4, 0.5) is 13.2 Å². The van der Waals surface area contributed by atoms with E-state index in [1.165, 1.54) is 42.5 Å². The van der Waals surface area contributed by atoms with Crippen molar-refractivity contribution < 1.29 is 27.9 Å². The Morgan fingerprint density at radius 2 is 1.79 bits per heavy atom. The van der Waals surface area contributed by atoms with Crippen molar-refractivity contribution in [2.45, 2.75) is 20.0 Å². The maximum absolute atomic E-state index is 12.8. The molecule has 0 aliphatic carbocycles. The molecule has 24 heavy (non-hydrogen) atoms. The van der Waals surface area contributed by atoms with Crippen molar-refractivity contribution in [3.05, 3.63) is 65.2 Å². The first-order valence-electron chi connectivity index (χ1n) is 7.08. The number of carbonyl (C=O) groups is 1. The van der Waals surface area contributed by atoms with Gasteiger partial charge in [-0.2, -0.15) is 13.2 Å². The Hall–Kier alpha value is -2.83.